The average Bonchev–Trinajstić information content (AvgIpc) is 2.47. The van der Waals surface area contributed by atoms with Gasteiger partial charge in [0.25, 0.3) is 5.91 Å². The normalized spacial score (nSPS) is 19.0. The van der Waals surface area contributed by atoms with Gasteiger partial charge < -0.3 is 15.0 Å². The molecule has 0 aliphatic carbocycles. The van der Waals surface area contributed by atoms with Crippen molar-refractivity contribution in [3.63, 3.8) is 0 Å². The van der Waals surface area contributed by atoms with Gasteiger partial charge in [-0.2, -0.15) is 0 Å². The fourth-order valence-corrected chi connectivity index (χ4v) is 2.65. The van der Waals surface area contributed by atoms with E-state index in [1.807, 2.05) is 17.0 Å². The van der Waals surface area contributed by atoms with Crippen molar-refractivity contribution in [3.05, 3.63) is 29.3 Å². The molecule has 4 heteroatoms. The minimum Gasteiger partial charge on any atom is -0.385 e. The molecule has 0 unspecified atom stereocenters. The summed E-state index contributed by atoms with van der Waals surface area (Å²) in [4.78, 5) is 14.4. The zero-order chi connectivity index (χ0) is 12.4. The second kappa shape index (κ2) is 4.98. The van der Waals surface area contributed by atoms with E-state index in [1.54, 1.807) is 0 Å². The molecule has 1 saturated heterocycles. The van der Waals surface area contributed by atoms with Gasteiger partial charge in [0, 0.05) is 30.9 Å². The van der Waals surface area contributed by atoms with E-state index in [0.717, 1.165) is 30.6 Å². The van der Waals surface area contributed by atoms with Crippen molar-refractivity contribution >= 4 is 11.6 Å². The summed E-state index contributed by atoms with van der Waals surface area (Å²) in [5.41, 5.74) is 3.17. The first-order valence-corrected chi connectivity index (χ1v) is 6.59. The van der Waals surface area contributed by atoms with Gasteiger partial charge in [-0.1, -0.05) is 6.07 Å². The van der Waals surface area contributed by atoms with E-state index >= 15 is 0 Å². The van der Waals surface area contributed by atoms with Gasteiger partial charge in [0.05, 0.1) is 13.2 Å². The SMILES string of the molecule is O=C(c1cccc2c1CCCN2)N1CCOCC1. The van der Waals surface area contributed by atoms with E-state index in [0.29, 0.717) is 26.3 Å². The Balaban J connectivity index is 1.89. The lowest BCUT2D eigenvalue weighted by Gasteiger charge is -2.29. The Bertz CT molecular complexity index is 453. The summed E-state index contributed by atoms with van der Waals surface area (Å²) in [6, 6.07) is 5.97. The highest BCUT2D eigenvalue weighted by atomic mass is 16.5. The number of nitrogens with one attached hydrogen (secondary N) is 1. The second-order valence-electron chi connectivity index (χ2n) is 4.77. The number of morpholine rings is 1. The van der Waals surface area contributed by atoms with Crippen molar-refractivity contribution < 1.29 is 9.53 Å². The summed E-state index contributed by atoms with van der Waals surface area (Å²) in [6.07, 6.45) is 2.09. The number of benzene rings is 1. The Hall–Kier alpha value is -1.55. The predicted molar refractivity (Wildman–Crippen MR) is 70.0 cm³/mol. The third-order valence-corrected chi connectivity index (χ3v) is 3.62. The van der Waals surface area contributed by atoms with Crippen LogP contribution in [0.25, 0.3) is 0 Å². The standard InChI is InChI=1S/C14H18N2O2/c17-14(16-7-9-18-10-8-16)12-3-1-5-13-11(12)4-2-6-15-13/h1,3,5,15H,2,4,6-10H2. The number of hydrogen-bond donors (Lipinski definition) is 1. The summed E-state index contributed by atoms with van der Waals surface area (Å²) in [5.74, 6) is 0.152. The number of ether oxygens (including phenoxy) is 1. The number of hydrogen-bond acceptors (Lipinski definition) is 3. The van der Waals surface area contributed by atoms with Crippen LogP contribution in [0.1, 0.15) is 22.3 Å². The summed E-state index contributed by atoms with van der Waals surface area (Å²) in [6.45, 7) is 3.71. The number of carbonyl (C=O) groups is 1. The van der Waals surface area contributed by atoms with Crippen molar-refractivity contribution in [2.45, 2.75) is 12.8 Å². The molecule has 96 valence electrons. The van der Waals surface area contributed by atoms with Gasteiger partial charge in [0.15, 0.2) is 0 Å². The molecule has 0 aromatic heterocycles. The van der Waals surface area contributed by atoms with Crippen molar-refractivity contribution in [2.24, 2.45) is 0 Å². The van der Waals surface area contributed by atoms with E-state index in [4.69, 9.17) is 4.74 Å². The molecule has 0 saturated carbocycles. The van der Waals surface area contributed by atoms with Crippen molar-refractivity contribution in [2.75, 3.05) is 38.2 Å². The maximum atomic E-state index is 12.5. The maximum Gasteiger partial charge on any atom is 0.254 e. The lowest BCUT2D eigenvalue weighted by molar-refractivity contribution is 0.0302. The largest absolute Gasteiger partial charge is 0.385 e. The number of nitrogens with zero attached hydrogens (tertiary/aromatic N) is 1. The molecule has 1 fully saturated rings. The van der Waals surface area contributed by atoms with Crippen molar-refractivity contribution in [1.82, 2.24) is 4.90 Å². The number of fused-ring (bicyclic) bond motifs is 1. The van der Waals surface area contributed by atoms with Crippen LogP contribution < -0.4 is 5.32 Å². The van der Waals surface area contributed by atoms with Crippen LogP contribution in [0.3, 0.4) is 0 Å². The highest BCUT2D eigenvalue weighted by Crippen LogP contribution is 2.26. The number of anilines is 1. The first-order valence-electron chi connectivity index (χ1n) is 6.59. The molecule has 0 spiro atoms. The van der Waals surface area contributed by atoms with Gasteiger partial charge in [0.1, 0.15) is 0 Å². The third kappa shape index (κ3) is 2.08. The van der Waals surface area contributed by atoms with Crippen LogP contribution in [0.4, 0.5) is 5.69 Å². The van der Waals surface area contributed by atoms with Crippen LogP contribution in [0.15, 0.2) is 18.2 Å². The van der Waals surface area contributed by atoms with Gasteiger partial charge in [-0.05, 0) is 30.5 Å². The third-order valence-electron chi connectivity index (χ3n) is 3.62. The van der Waals surface area contributed by atoms with Gasteiger partial charge in [-0.3, -0.25) is 4.79 Å². The molecule has 2 aliphatic heterocycles. The monoisotopic (exact) mass is 246 g/mol. The van der Waals surface area contributed by atoms with Crippen LogP contribution in [0.2, 0.25) is 0 Å². The second-order valence-corrected chi connectivity index (χ2v) is 4.77. The summed E-state index contributed by atoms with van der Waals surface area (Å²) >= 11 is 0. The smallest absolute Gasteiger partial charge is 0.254 e. The number of rotatable bonds is 1. The fourth-order valence-electron chi connectivity index (χ4n) is 2.65. The lowest BCUT2D eigenvalue weighted by atomic mass is 9.97. The average molecular weight is 246 g/mol. The molecule has 2 aliphatic rings. The lowest BCUT2D eigenvalue weighted by Crippen LogP contribution is -2.41. The van der Waals surface area contributed by atoms with E-state index in [1.165, 1.54) is 5.56 Å². The Labute approximate surface area is 107 Å². The first kappa shape index (κ1) is 11.5. The zero-order valence-electron chi connectivity index (χ0n) is 10.4. The van der Waals surface area contributed by atoms with E-state index in [2.05, 4.69) is 11.4 Å². The van der Waals surface area contributed by atoms with Gasteiger partial charge in [-0.15, -0.1) is 0 Å². The first-order chi connectivity index (χ1) is 8.86. The highest BCUT2D eigenvalue weighted by Gasteiger charge is 2.23. The van der Waals surface area contributed by atoms with Crippen LogP contribution >= 0.6 is 0 Å². The van der Waals surface area contributed by atoms with Gasteiger partial charge in [0.2, 0.25) is 0 Å². The quantitative estimate of drug-likeness (QED) is 0.817. The minimum absolute atomic E-state index is 0.152. The zero-order valence-corrected chi connectivity index (χ0v) is 10.4. The predicted octanol–water partition coefficient (Wildman–Crippen LogP) is 1.52. The van der Waals surface area contributed by atoms with Crippen LogP contribution in [-0.4, -0.2) is 43.7 Å². The topological polar surface area (TPSA) is 41.6 Å². The van der Waals surface area contributed by atoms with Crippen LogP contribution in [0.5, 0.6) is 0 Å². The number of amides is 1. The molecule has 1 N–H and O–H groups in total. The number of carbonyl (C=O) groups excluding carboxylic acids is 1. The summed E-state index contributed by atoms with van der Waals surface area (Å²) in [5, 5.41) is 3.37. The molecule has 2 heterocycles. The molecule has 0 radical (unpaired) electrons. The fraction of sp³-hybridized carbons (Fsp3) is 0.500. The Morgan fingerprint density at radius 2 is 2.11 bits per heavy atom. The minimum atomic E-state index is 0.152. The maximum absolute atomic E-state index is 12.5. The van der Waals surface area contributed by atoms with E-state index < -0.39 is 0 Å². The summed E-state index contributed by atoms with van der Waals surface area (Å²) in [7, 11) is 0. The molecule has 1 aromatic carbocycles. The molecule has 0 atom stereocenters. The molecule has 0 bridgehead atoms. The van der Waals surface area contributed by atoms with E-state index in [-0.39, 0.29) is 5.91 Å². The Morgan fingerprint density at radius 1 is 1.28 bits per heavy atom. The Kier molecular flexibility index (Phi) is 3.19. The molecular formula is C14H18N2O2. The summed E-state index contributed by atoms with van der Waals surface area (Å²) < 4.78 is 5.29. The Morgan fingerprint density at radius 3 is 2.94 bits per heavy atom. The van der Waals surface area contributed by atoms with E-state index in [9.17, 15) is 4.79 Å². The van der Waals surface area contributed by atoms with Gasteiger partial charge in [-0.25, -0.2) is 0 Å². The molecular weight excluding hydrogens is 228 g/mol. The molecule has 4 nitrogen and oxygen atoms in total. The highest BCUT2D eigenvalue weighted by molar-refractivity contribution is 5.97. The molecule has 1 amide bonds. The van der Waals surface area contributed by atoms with Crippen molar-refractivity contribution in [3.8, 4) is 0 Å². The molecule has 1 aromatic rings. The molecule has 3 rings (SSSR count). The van der Waals surface area contributed by atoms with Crippen LogP contribution in [-0.2, 0) is 11.2 Å². The van der Waals surface area contributed by atoms with Crippen LogP contribution in [0, 0.1) is 0 Å². The molecule has 18 heavy (non-hydrogen) atoms. The van der Waals surface area contributed by atoms with Gasteiger partial charge >= 0.3 is 0 Å². The van der Waals surface area contributed by atoms with Crippen molar-refractivity contribution in [1.29, 1.82) is 0 Å².